The molecule has 0 spiro atoms. The Morgan fingerprint density at radius 2 is 1.93 bits per heavy atom. The van der Waals surface area contributed by atoms with Gasteiger partial charge in [-0.25, -0.2) is 13.2 Å². The van der Waals surface area contributed by atoms with Crippen molar-refractivity contribution in [3.8, 4) is 0 Å². The van der Waals surface area contributed by atoms with Gasteiger partial charge in [-0.15, -0.1) is 0 Å². The Hall–Kier alpha value is -2.54. The molecule has 2 atom stereocenters. The number of aryl methyl sites for hydroxylation is 1. The van der Waals surface area contributed by atoms with Crippen molar-refractivity contribution in [2.75, 3.05) is 18.9 Å². The van der Waals surface area contributed by atoms with Crippen LogP contribution in [-0.4, -0.2) is 30.3 Å². The normalized spacial score (nSPS) is 19.5. The summed E-state index contributed by atoms with van der Waals surface area (Å²) in [7, 11) is 1.53. The van der Waals surface area contributed by atoms with Gasteiger partial charge in [-0.1, -0.05) is 23.7 Å². The standard InChI is InChI=1S/C19H16ClF3N2O2/c1-9-6-10(7-12(20)16(9)22)11-8-25(2)19(27)15(11)18(26)24-14-5-3-4-13(21)17(14)23/h3-7,11,15H,8H2,1-2H3,(H,24,26). The SMILES string of the molecule is Cc1cc(C2CN(C)C(=O)C2C(=O)Nc2cccc(F)c2F)cc(Cl)c1F. The molecule has 0 aliphatic carbocycles. The number of carbonyl (C=O) groups is 2. The first-order chi connectivity index (χ1) is 12.7. The zero-order chi connectivity index (χ0) is 19.9. The number of likely N-dealkylation sites (N-methyl/N-ethyl adjacent to an activating group) is 1. The molecule has 1 fully saturated rings. The van der Waals surface area contributed by atoms with Crippen LogP contribution in [0.3, 0.4) is 0 Å². The second-order valence-electron chi connectivity index (χ2n) is 6.53. The number of benzene rings is 2. The zero-order valence-corrected chi connectivity index (χ0v) is 15.3. The number of hydrogen-bond acceptors (Lipinski definition) is 2. The van der Waals surface area contributed by atoms with E-state index >= 15 is 0 Å². The van der Waals surface area contributed by atoms with Crippen LogP contribution in [0.25, 0.3) is 0 Å². The highest BCUT2D eigenvalue weighted by Gasteiger charge is 2.44. The van der Waals surface area contributed by atoms with Crippen molar-refractivity contribution in [3.05, 3.63) is 63.9 Å². The van der Waals surface area contributed by atoms with Crippen molar-refractivity contribution in [2.24, 2.45) is 5.92 Å². The number of anilines is 1. The van der Waals surface area contributed by atoms with Gasteiger partial charge in [0.25, 0.3) is 0 Å². The number of carbonyl (C=O) groups excluding carboxylic acids is 2. The molecule has 2 aromatic rings. The van der Waals surface area contributed by atoms with Crippen molar-refractivity contribution < 1.29 is 22.8 Å². The first-order valence-corrected chi connectivity index (χ1v) is 8.54. The summed E-state index contributed by atoms with van der Waals surface area (Å²) < 4.78 is 41.0. The first-order valence-electron chi connectivity index (χ1n) is 8.16. The highest BCUT2D eigenvalue weighted by atomic mass is 35.5. The number of nitrogens with one attached hydrogen (secondary N) is 1. The van der Waals surface area contributed by atoms with E-state index in [4.69, 9.17) is 11.6 Å². The van der Waals surface area contributed by atoms with Crippen LogP contribution >= 0.6 is 11.6 Å². The molecule has 1 N–H and O–H groups in total. The monoisotopic (exact) mass is 396 g/mol. The van der Waals surface area contributed by atoms with E-state index in [1.54, 1.807) is 0 Å². The van der Waals surface area contributed by atoms with E-state index in [0.717, 1.165) is 6.07 Å². The number of amides is 2. The summed E-state index contributed by atoms with van der Waals surface area (Å²) in [6.07, 6.45) is 0. The number of hydrogen-bond donors (Lipinski definition) is 1. The highest BCUT2D eigenvalue weighted by molar-refractivity contribution is 6.30. The minimum atomic E-state index is -1.21. The van der Waals surface area contributed by atoms with Crippen LogP contribution in [0.1, 0.15) is 17.0 Å². The minimum absolute atomic E-state index is 0.109. The van der Waals surface area contributed by atoms with Gasteiger partial charge in [0.1, 0.15) is 11.7 Å². The lowest BCUT2D eigenvalue weighted by Gasteiger charge is -2.18. The van der Waals surface area contributed by atoms with Crippen LogP contribution in [0.15, 0.2) is 30.3 Å². The smallest absolute Gasteiger partial charge is 0.237 e. The maximum absolute atomic E-state index is 13.8. The Morgan fingerprint density at radius 1 is 1.22 bits per heavy atom. The van der Waals surface area contributed by atoms with Crippen LogP contribution in [0, 0.1) is 30.3 Å². The molecule has 1 saturated heterocycles. The molecule has 1 heterocycles. The van der Waals surface area contributed by atoms with Gasteiger partial charge in [0, 0.05) is 19.5 Å². The molecule has 27 heavy (non-hydrogen) atoms. The summed E-state index contributed by atoms with van der Waals surface area (Å²) in [5.74, 6) is -5.89. The second kappa shape index (κ2) is 7.23. The molecule has 0 saturated carbocycles. The number of rotatable bonds is 3. The topological polar surface area (TPSA) is 49.4 Å². The molecule has 0 bridgehead atoms. The van der Waals surface area contributed by atoms with E-state index < -0.39 is 41.1 Å². The summed E-state index contributed by atoms with van der Waals surface area (Å²) in [5, 5.41) is 2.17. The van der Waals surface area contributed by atoms with Gasteiger partial charge in [-0.05, 0) is 36.2 Å². The number of halogens is 4. The maximum atomic E-state index is 13.8. The van der Waals surface area contributed by atoms with E-state index in [2.05, 4.69) is 5.32 Å². The van der Waals surface area contributed by atoms with Crippen LogP contribution in [0.5, 0.6) is 0 Å². The molecule has 2 unspecified atom stereocenters. The van der Waals surface area contributed by atoms with Crippen LogP contribution in [0.4, 0.5) is 18.9 Å². The van der Waals surface area contributed by atoms with Gasteiger partial charge in [-0.3, -0.25) is 9.59 Å². The van der Waals surface area contributed by atoms with E-state index in [9.17, 15) is 22.8 Å². The van der Waals surface area contributed by atoms with Gasteiger partial charge < -0.3 is 10.2 Å². The van der Waals surface area contributed by atoms with Crippen molar-refractivity contribution in [1.82, 2.24) is 4.90 Å². The Balaban J connectivity index is 1.95. The number of nitrogens with zero attached hydrogens (tertiary/aromatic N) is 1. The molecule has 1 aliphatic rings. The highest BCUT2D eigenvalue weighted by Crippen LogP contribution is 2.36. The molecule has 0 radical (unpaired) electrons. The molecule has 0 aromatic heterocycles. The average Bonchev–Trinajstić information content (AvgIpc) is 2.91. The third-order valence-corrected chi connectivity index (χ3v) is 4.94. The maximum Gasteiger partial charge on any atom is 0.237 e. The lowest BCUT2D eigenvalue weighted by molar-refractivity contribution is -0.135. The molecule has 4 nitrogen and oxygen atoms in total. The van der Waals surface area contributed by atoms with Crippen LogP contribution < -0.4 is 5.32 Å². The molecular formula is C19H16ClF3N2O2. The summed E-state index contributed by atoms with van der Waals surface area (Å²) >= 11 is 5.90. The molecule has 2 amide bonds. The Labute approximate surface area is 158 Å². The van der Waals surface area contributed by atoms with Gasteiger partial charge >= 0.3 is 0 Å². The summed E-state index contributed by atoms with van der Waals surface area (Å²) in [4.78, 5) is 26.6. The largest absolute Gasteiger partial charge is 0.344 e. The third kappa shape index (κ3) is 3.51. The Morgan fingerprint density at radius 3 is 2.59 bits per heavy atom. The average molecular weight is 397 g/mol. The Kier molecular flexibility index (Phi) is 5.15. The van der Waals surface area contributed by atoms with Crippen molar-refractivity contribution in [1.29, 1.82) is 0 Å². The lowest BCUT2D eigenvalue weighted by Crippen LogP contribution is -2.33. The summed E-state index contributed by atoms with van der Waals surface area (Å²) in [6, 6.07) is 6.28. The molecule has 2 aromatic carbocycles. The molecule has 8 heteroatoms. The quantitative estimate of drug-likeness (QED) is 0.800. The predicted octanol–water partition coefficient (Wildman–Crippen LogP) is 3.88. The third-order valence-electron chi connectivity index (χ3n) is 4.67. The second-order valence-corrected chi connectivity index (χ2v) is 6.93. The molecule has 1 aliphatic heterocycles. The van der Waals surface area contributed by atoms with Gasteiger partial charge in [0.15, 0.2) is 11.6 Å². The van der Waals surface area contributed by atoms with E-state index in [0.29, 0.717) is 5.56 Å². The number of likely N-dealkylation sites (tertiary alicyclic amines) is 1. The van der Waals surface area contributed by atoms with Crippen molar-refractivity contribution in [3.63, 3.8) is 0 Å². The first kappa shape index (κ1) is 19.2. The van der Waals surface area contributed by atoms with Gasteiger partial charge in [0.2, 0.25) is 11.8 Å². The molecule has 142 valence electrons. The predicted molar refractivity (Wildman–Crippen MR) is 95.0 cm³/mol. The van der Waals surface area contributed by atoms with Crippen LogP contribution in [-0.2, 0) is 9.59 Å². The molecular weight excluding hydrogens is 381 g/mol. The minimum Gasteiger partial charge on any atom is -0.344 e. The summed E-state index contributed by atoms with van der Waals surface area (Å²) in [6.45, 7) is 1.74. The van der Waals surface area contributed by atoms with E-state index in [-0.39, 0.29) is 22.8 Å². The molecule has 3 rings (SSSR count). The fourth-order valence-corrected chi connectivity index (χ4v) is 3.55. The summed E-state index contributed by atoms with van der Waals surface area (Å²) in [5.41, 5.74) is 0.459. The van der Waals surface area contributed by atoms with E-state index in [1.165, 1.54) is 43.1 Å². The van der Waals surface area contributed by atoms with Gasteiger partial charge in [-0.2, -0.15) is 0 Å². The lowest BCUT2D eigenvalue weighted by atomic mass is 9.87. The van der Waals surface area contributed by atoms with Crippen molar-refractivity contribution in [2.45, 2.75) is 12.8 Å². The van der Waals surface area contributed by atoms with Crippen LogP contribution in [0.2, 0.25) is 5.02 Å². The van der Waals surface area contributed by atoms with Gasteiger partial charge in [0.05, 0.1) is 10.7 Å². The fourth-order valence-electron chi connectivity index (χ4n) is 3.27. The Bertz CT molecular complexity index is 912. The zero-order valence-electron chi connectivity index (χ0n) is 14.5. The van der Waals surface area contributed by atoms with Crippen molar-refractivity contribution >= 4 is 29.1 Å². The van der Waals surface area contributed by atoms with E-state index in [1.807, 2.05) is 0 Å². The fraction of sp³-hybridized carbons (Fsp3) is 0.263.